The lowest BCUT2D eigenvalue weighted by atomic mass is 9.70. The topological polar surface area (TPSA) is 62.3 Å². The minimum absolute atomic E-state index is 0.0639. The molecule has 3 rings (SSSR count). The number of rotatable bonds is 7. The molecule has 0 radical (unpaired) electrons. The average Bonchev–Trinajstić information content (AvgIpc) is 2.73. The smallest absolute Gasteiger partial charge is 0.253 e. The number of nitrogens with one attached hydrogen (secondary N) is 1. The Morgan fingerprint density at radius 1 is 1.33 bits per heavy atom. The monoisotopic (exact) mass is 427 g/mol. The summed E-state index contributed by atoms with van der Waals surface area (Å²) in [6.45, 7) is 8.87. The maximum Gasteiger partial charge on any atom is 0.253 e. The zero-order valence-corrected chi connectivity index (χ0v) is 18.6. The minimum Gasteiger partial charge on any atom is -0.347 e. The third-order valence-corrected chi connectivity index (χ3v) is 6.38. The van der Waals surface area contributed by atoms with Gasteiger partial charge in [0.2, 0.25) is 0 Å². The number of hydrogen-bond acceptors (Lipinski definition) is 4. The van der Waals surface area contributed by atoms with E-state index in [2.05, 4.69) is 41.2 Å². The van der Waals surface area contributed by atoms with Gasteiger partial charge < -0.3 is 15.0 Å². The second-order valence-corrected chi connectivity index (χ2v) is 9.37. The highest BCUT2D eigenvalue weighted by atomic mass is 35.5. The van der Waals surface area contributed by atoms with Crippen LogP contribution in [0, 0.1) is 11.3 Å². The van der Waals surface area contributed by atoms with Crippen LogP contribution in [-0.4, -0.2) is 47.8 Å². The maximum atomic E-state index is 12.6. The molecule has 5 nitrogen and oxygen atoms in total. The Hall–Kier alpha value is -2.24. The van der Waals surface area contributed by atoms with Crippen molar-refractivity contribution in [2.24, 2.45) is 11.3 Å². The summed E-state index contributed by atoms with van der Waals surface area (Å²) in [6, 6.07) is 11.4. The van der Waals surface area contributed by atoms with Gasteiger partial charge >= 0.3 is 0 Å². The number of halogens is 1. The fraction of sp³-hybridized carbons (Fsp3) is 0.458. The minimum atomic E-state index is -0.275. The van der Waals surface area contributed by atoms with Crippen molar-refractivity contribution in [3.63, 3.8) is 0 Å². The fourth-order valence-corrected chi connectivity index (χ4v) is 4.53. The number of pyridine rings is 1. The molecule has 1 aliphatic rings. The molecule has 1 fully saturated rings. The number of nitrogens with zero attached hydrogens (tertiary/aromatic N) is 2. The fourth-order valence-electron chi connectivity index (χ4n) is 4.40. The van der Waals surface area contributed by atoms with Gasteiger partial charge in [-0.3, -0.25) is 9.78 Å². The number of piperidine rings is 1. The molecule has 0 bridgehead atoms. The van der Waals surface area contributed by atoms with E-state index in [1.54, 1.807) is 24.5 Å². The molecule has 1 amide bonds. The number of amides is 1. The number of hydrogen-bond donors (Lipinski definition) is 1. The molecule has 30 heavy (non-hydrogen) atoms. The van der Waals surface area contributed by atoms with E-state index in [9.17, 15) is 9.59 Å². The van der Waals surface area contributed by atoms with Gasteiger partial charge in [-0.25, -0.2) is 0 Å². The van der Waals surface area contributed by atoms with E-state index < -0.39 is 0 Å². The third kappa shape index (κ3) is 5.46. The van der Waals surface area contributed by atoms with E-state index in [0.717, 1.165) is 30.8 Å². The molecule has 160 valence electrons. The van der Waals surface area contributed by atoms with E-state index in [1.165, 1.54) is 5.56 Å². The van der Waals surface area contributed by atoms with Crippen LogP contribution in [0.5, 0.6) is 0 Å². The summed E-state index contributed by atoms with van der Waals surface area (Å²) in [5.74, 6) is -0.0298. The van der Waals surface area contributed by atoms with E-state index in [4.69, 9.17) is 11.6 Å². The molecule has 3 unspecified atom stereocenters. The normalized spacial score (nSPS) is 20.9. The van der Waals surface area contributed by atoms with Crippen LogP contribution in [-0.2, 0) is 4.79 Å². The predicted octanol–water partition coefficient (Wildman–Crippen LogP) is 4.18. The van der Waals surface area contributed by atoms with Gasteiger partial charge in [0.25, 0.3) is 5.91 Å². The van der Waals surface area contributed by atoms with Gasteiger partial charge in [0.1, 0.15) is 6.29 Å². The molecular weight excluding hydrogens is 398 g/mol. The summed E-state index contributed by atoms with van der Waals surface area (Å²) >= 11 is 6.06. The van der Waals surface area contributed by atoms with E-state index in [-0.39, 0.29) is 23.3 Å². The number of aldehydes is 1. The largest absolute Gasteiger partial charge is 0.347 e. The Balaban J connectivity index is 1.67. The van der Waals surface area contributed by atoms with Crippen LogP contribution >= 0.6 is 11.6 Å². The second kappa shape index (κ2) is 9.71. The number of carbonyl (C=O) groups excluding carboxylic acids is 2. The van der Waals surface area contributed by atoms with Crippen molar-refractivity contribution in [2.45, 2.75) is 39.2 Å². The van der Waals surface area contributed by atoms with Gasteiger partial charge in [0.15, 0.2) is 0 Å². The molecule has 1 N–H and O–H groups in total. The number of likely N-dealkylation sites (tertiary alicyclic amines) is 1. The number of benzene rings is 1. The van der Waals surface area contributed by atoms with Gasteiger partial charge in [0.05, 0.1) is 11.6 Å². The molecule has 6 heteroatoms. The lowest BCUT2D eigenvalue weighted by Gasteiger charge is -2.46. The molecule has 2 aromatic rings. The Bertz CT molecular complexity index is 855. The predicted molar refractivity (Wildman–Crippen MR) is 120 cm³/mol. The highest BCUT2D eigenvalue weighted by molar-refractivity contribution is 6.30. The van der Waals surface area contributed by atoms with Crippen molar-refractivity contribution >= 4 is 23.8 Å². The molecule has 0 aliphatic carbocycles. The Morgan fingerprint density at radius 3 is 2.67 bits per heavy atom. The Labute approximate surface area is 183 Å². The first-order valence-electron chi connectivity index (χ1n) is 10.4. The molecule has 0 spiro atoms. The van der Waals surface area contributed by atoms with Crippen LogP contribution in [0.1, 0.15) is 49.0 Å². The average molecular weight is 428 g/mol. The van der Waals surface area contributed by atoms with Gasteiger partial charge in [-0.05, 0) is 54.1 Å². The van der Waals surface area contributed by atoms with Crippen LogP contribution in [0.15, 0.2) is 48.8 Å². The quantitative estimate of drug-likeness (QED) is 0.673. The van der Waals surface area contributed by atoms with E-state index >= 15 is 0 Å². The lowest BCUT2D eigenvalue weighted by molar-refractivity contribution is -0.111. The Kier molecular flexibility index (Phi) is 7.27. The highest BCUT2D eigenvalue weighted by Gasteiger charge is 2.37. The van der Waals surface area contributed by atoms with Crippen molar-refractivity contribution in [3.05, 3.63) is 64.9 Å². The van der Waals surface area contributed by atoms with Crippen molar-refractivity contribution in [1.82, 2.24) is 15.2 Å². The summed E-state index contributed by atoms with van der Waals surface area (Å²) in [6.07, 6.45) is 5.11. The standard InChI is InChI=1S/C24H30ClN3O2/c1-17(15-29)22(27-23(30)19-5-4-11-26-13-19)14-28-12-10-21(24(2,3)16-28)18-6-8-20(25)9-7-18/h4-9,11,13,15,17,21-22H,10,12,14,16H2,1-3H3,(H,27,30). The van der Waals surface area contributed by atoms with Gasteiger partial charge in [-0.1, -0.05) is 44.5 Å². The maximum absolute atomic E-state index is 12.6. The van der Waals surface area contributed by atoms with Crippen LogP contribution < -0.4 is 5.32 Å². The van der Waals surface area contributed by atoms with E-state index in [0.29, 0.717) is 18.0 Å². The zero-order chi connectivity index (χ0) is 21.7. The SMILES string of the molecule is CC(C=O)C(CN1CCC(c2ccc(Cl)cc2)C(C)(C)C1)NC(=O)c1cccnc1. The summed E-state index contributed by atoms with van der Waals surface area (Å²) in [7, 11) is 0. The molecule has 1 aromatic carbocycles. The lowest BCUT2D eigenvalue weighted by Crippen LogP contribution is -2.52. The van der Waals surface area contributed by atoms with Crippen LogP contribution in [0.4, 0.5) is 0 Å². The van der Waals surface area contributed by atoms with Crippen molar-refractivity contribution in [1.29, 1.82) is 0 Å². The van der Waals surface area contributed by atoms with Crippen molar-refractivity contribution in [2.75, 3.05) is 19.6 Å². The van der Waals surface area contributed by atoms with Crippen LogP contribution in [0.3, 0.4) is 0 Å². The van der Waals surface area contributed by atoms with E-state index in [1.807, 2.05) is 19.1 Å². The van der Waals surface area contributed by atoms with Crippen molar-refractivity contribution < 1.29 is 9.59 Å². The first-order valence-corrected chi connectivity index (χ1v) is 10.8. The second-order valence-electron chi connectivity index (χ2n) is 8.93. The summed E-state index contributed by atoms with van der Waals surface area (Å²) < 4.78 is 0. The summed E-state index contributed by atoms with van der Waals surface area (Å²) in [4.78, 5) is 30.5. The van der Waals surface area contributed by atoms with Crippen molar-refractivity contribution in [3.8, 4) is 0 Å². The Morgan fingerprint density at radius 2 is 2.07 bits per heavy atom. The van der Waals surface area contributed by atoms with Gasteiger partial charge in [0, 0.05) is 36.4 Å². The molecule has 1 aliphatic heterocycles. The van der Waals surface area contributed by atoms with Gasteiger partial charge in [-0.2, -0.15) is 0 Å². The molecular formula is C24H30ClN3O2. The molecule has 3 atom stereocenters. The molecule has 1 saturated heterocycles. The number of aromatic nitrogens is 1. The highest BCUT2D eigenvalue weighted by Crippen LogP contribution is 2.42. The van der Waals surface area contributed by atoms with Crippen LogP contribution in [0.2, 0.25) is 5.02 Å². The summed E-state index contributed by atoms with van der Waals surface area (Å²) in [5.41, 5.74) is 1.88. The molecule has 1 aromatic heterocycles. The molecule has 0 saturated carbocycles. The molecule has 2 heterocycles. The summed E-state index contributed by atoms with van der Waals surface area (Å²) in [5, 5.41) is 3.79. The zero-order valence-electron chi connectivity index (χ0n) is 17.8. The van der Waals surface area contributed by atoms with Crippen LogP contribution in [0.25, 0.3) is 0 Å². The first kappa shape index (κ1) is 22.4. The van der Waals surface area contributed by atoms with Gasteiger partial charge in [-0.15, -0.1) is 0 Å². The first-order chi connectivity index (χ1) is 14.3. The number of carbonyl (C=O) groups is 2. The third-order valence-electron chi connectivity index (χ3n) is 6.13.